The number of benzene rings is 1. The molecule has 1 aromatic heterocycles. The lowest BCUT2D eigenvalue weighted by atomic mass is 10.0. The van der Waals surface area contributed by atoms with Gasteiger partial charge in [0.05, 0.1) is 12.2 Å². The number of primary amides is 1. The molecule has 8 heteroatoms. The fraction of sp³-hybridized carbons (Fsp3) is 0.353. The second kappa shape index (κ2) is 7.67. The quantitative estimate of drug-likeness (QED) is 0.748. The van der Waals surface area contributed by atoms with E-state index in [0.717, 1.165) is 31.5 Å². The fourth-order valence-corrected chi connectivity index (χ4v) is 3.14. The molecule has 2 aromatic rings. The molecule has 0 unspecified atom stereocenters. The van der Waals surface area contributed by atoms with Crippen LogP contribution < -0.4 is 11.1 Å². The molecule has 2 amide bonds. The summed E-state index contributed by atoms with van der Waals surface area (Å²) in [6, 6.07) is 9.10. The zero-order valence-corrected chi connectivity index (χ0v) is 14.4. The van der Waals surface area contributed by atoms with Gasteiger partial charge in [-0.15, -0.1) is 0 Å². The Kier molecular flexibility index (Phi) is 5.35. The smallest absolute Gasteiger partial charge is 0.269 e. The maximum absolute atomic E-state index is 12.4. The molecule has 25 heavy (non-hydrogen) atoms. The minimum Gasteiger partial charge on any atom is -0.369 e. The minimum absolute atomic E-state index is 0.0783. The highest BCUT2D eigenvalue weighted by molar-refractivity contribution is 6.30. The average Bonchev–Trinajstić information content (AvgIpc) is 3.06. The summed E-state index contributed by atoms with van der Waals surface area (Å²) >= 11 is 5.99. The van der Waals surface area contributed by atoms with Gasteiger partial charge in [-0.05, 0) is 31.0 Å². The first kappa shape index (κ1) is 17.4. The molecule has 1 aliphatic rings. The Morgan fingerprint density at radius 1 is 1.32 bits per heavy atom. The van der Waals surface area contributed by atoms with Gasteiger partial charge in [-0.25, -0.2) is 0 Å². The zero-order chi connectivity index (χ0) is 17.8. The number of nitrogens with two attached hydrogens (primary N) is 1. The first-order chi connectivity index (χ1) is 12.0. The number of carbonyl (C=O) groups is 2. The van der Waals surface area contributed by atoms with Crippen LogP contribution in [0.15, 0.2) is 30.3 Å². The van der Waals surface area contributed by atoms with Crippen LogP contribution in [0.1, 0.15) is 23.3 Å². The van der Waals surface area contributed by atoms with Crippen molar-refractivity contribution in [3.8, 4) is 11.3 Å². The summed E-state index contributed by atoms with van der Waals surface area (Å²) in [6.45, 7) is 1.75. The number of halogens is 1. The molecule has 0 saturated carbocycles. The maximum Gasteiger partial charge on any atom is 0.269 e. The fourth-order valence-electron chi connectivity index (χ4n) is 2.95. The number of rotatable bonds is 5. The Hall–Kier alpha value is -2.38. The third-order valence-electron chi connectivity index (χ3n) is 4.25. The Morgan fingerprint density at radius 3 is 2.76 bits per heavy atom. The molecule has 7 nitrogen and oxygen atoms in total. The standard InChI is InChI=1S/C17H20ClN5O2/c18-12-3-1-2-11(8-12)14-9-15(22-21-14)17(25)20-13-4-6-23(7-5-13)10-16(19)24/h1-3,8-9,13H,4-7,10H2,(H2,19,24)(H,20,25)(H,21,22). The van der Waals surface area contributed by atoms with Crippen molar-refractivity contribution in [3.05, 3.63) is 41.0 Å². The van der Waals surface area contributed by atoms with Crippen LogP contribution >= 0.6 is 11.6 Å². The number of nitrogens with zero attached hydrogens (tertiary/aromatic N) is 2. The van der Waals surface area contributed by atoms with Gasteiger partial charge in [0, 0.05) is 29.7 Å². The molecule has 1 fully saturated rings. The van der Waals surface area contributed by atoms with E-state index in [1.807, 2.05) is 17.0 Å². The van der Waals surface area contributed by atoms with Crippen LogP contribution in [0, 0.1) is 0 Å². The van der Waals surface area contributed by atoms with E-state index in [9.17, 15) is 9.59 Å². The van der Waals surface area contributed by atoms with E-state index in [2.05, 4.69) is 15.5 Å². The Morgan fingerprint density at radius 2 is 2.08 bits per heavy atom. The van der Waals surface area contributed by atoms with Gasteiger partial charge in [0.25, 0.3) is 5.91 Å². The zero-order valence-electron chi connectivity index (χ0n) is 13.7. The highest BCUT2D eigenvalue weighted by Gasteiger charge is 2.22. The molecule has 4 N–H and O–H groups in total. The molecule has 0 atom stereocenters. The van der Waals surface area contributed by atoms with Crippen molar-refractivity contribution >= 4 is 23.4 Å². The van der Waals surface area contributed by atoms with Gasteiger partial charge in [-0.2, -0.15) is 5.10 Å². The molecule has 1 saturated heterocycles. The van der Waals surface area contributed by atoms with Gasteiger partial charge < -0.3 is 11.1 Å². The monoisotopic (exact) mass is 361 g/mol. The van der Waals surface area contributed by atoms with Crippen LogP contribution in [0.3, 0.4) is 0 Å². The Labute approximate surface area is 150 Å². The molecule has 0 spiro atoms. The van der Waals surface area contributed by atoms with Crippen molar-refractivity contribution < 1.29 is 9.59 Å². The number of nitrogens with one attached hydrogen (secondary N) is 2. The van der Waals surface area contributed by atoms with Gasteiger partial charge >= 0.3 is 0 Å². The van der Waals surface area contributed by atoms with Crippen molar-refractivity contribution in [2.45, 2.75) is 18.9 Å². The van der Waals surface area contributed by atoms with Crippen LogP contribution in [0.25, 0.3) is 11.3 Å². The predicted octanol–water partition coefficient (Wildman–Crippen LogP) is 1.41. The summed E-state index contributed by atoms with van der Waals surface area (Å²) in [5, 5.41) is 10.6. The number of aromatic amines is 1. The number of aromatic nitrogens is 2. The van der Waals surface area contributed by atoms with Crippen molar-refractivity contribution in [2.75, 3.05) is 19.6 Å². The van der Waals surface area contributed by atoms with Crippen LogP contribution in [0.4, 0.5) is 0 Å². The number of carbonyl (C=O) groups excluding carboxylic acids is 2. The molecule has 2 heterocycles. The SMILES string of the molecule is NC(=O)CN1CCC(NC(=O)c2cc(-c3cccc(Cl)c3)n[nH]2)CC1. The third-order valence-corrected chi connectivity index (χ3v) is 4.48. The number of H-pyrrole nitrogens is 1. The summed E-state index contributed by atoms with van der Waals surface area (Å²) in [6.07, 6.45) is 1.57. The van der Waals surface area contributed by atoms with Crippen molar-refractivity contribution in [3.63, 3.8) is 0 Å². The van der Waals surface area contributed by atoms with E-state index in [0.29, 0.717) is 16.4 Å². The van der Waals surface area contributed by atoms with Crippen LogP contribution in [0.5, 0.6) is 0 Å². The van der Waals surface area contributed by atoms with Gasteiger partial charge in [-0.1, -0.05) is 23.7 Å². The topological polar surface area (TPSA) is 104 Å². The highest BCUT2D eigenvalue weighted by Crippen LogP contribution is 2.21. The van der Waals surface area contributed by atoms with Crippen LogP contribution in [-0.4, -0.2) is 52.6 Å². The normalized spacial score (nSPS) is 15.9. The molecule has 3 rings (SSSR count). The minimum atomic E-state index is -0.325. The lowest BCUT2D eigenvalue weighted by Gasteiger charge is -2.31. The first-order valence-corrected chi connectivity index (χ1v) is 8.52. The average molecular weight is 362 g/mol. The summed E-state index contributed by atoms with van der Waals surface area (Å²) in [4.78, 5) is 25.3. The second-order valence-electron chi connectivity index (χ2n) is 6.17. The lowest BCUT2D eigenvalue weighted by molar-refractivity contribution is -0.119. The molecular weight excluding hydrogens is 342 g/mol. The molecule has 1 aromatic carbocycles. The maximum atomic E-state index is 12.4. The molecule has 0 aliphatic carbocycles. The highest BCUT2D eigenvalue weighted by atomic mass is 35.5. The number of hydrogen-bond acceptors (Lipinski definition) is 4. The van der Waals surface area contributed by atoms with Gasteiger partial charge in [0.1, 0.15) is 5.69 Å². The Balaban J connectivity index is 1.57. The number of hydrogen-bond donors (Lipinski definition) is 3. The van der Waals surface area contributed by atoms with Crippen molar-refractivity contribution in [1.29, 1.82) is 0 Å². The van der Waals surface area contributed by atoms with E-state index in [1.54, 1.807) is 18.2 Å². The Bertz CT molecular complexity index is 768. The third kappa shape index (κ3) is 4.58. The number of piperidine rings is 1. The van der Waals surface area contributed by atoms with Crippen molar-refractivity contribution in [2.24, 2.45) is 5.73 Å². The van der Waals surface area contributed by atoms with Gasteiger partial charge in [0.15, 0.2) is 0 Å². The molecule has 1 aliphatic heterocycles. The van der Waals surface area contributed by atoms with Crippen LogP contribution in [0.2, 0.25) is 5.02 Å². The summed E-state index contributed by atoms with van der Waals surface area (Å²) in [5.74, 6) is -0.511. The molecular formula is C17H20ClN5O2. The number of amides is 2. The van der Waals surface area contributed by atoms with Crippen LogP contribution in [-0.2, 0) is 4.79 Å². The number of likely N-dealkylation sites (tertiary alicyclic amines) is 1. The summed E-state index contributed by atoms with van der Waals surface area (Å²) < 4.78 is 0. The van der Waals surface area contributed by atoms with E-state index >= 15 is 0 Å². The summed E-state index contributed by atoms with van der Waals surface area (Å²) in [7, 11) is 0. The van der Waals surface area contributed by atoms with Crippen molar-refractivity contribution in [1.82, 2.24) is 20.4 Å². The van der Waals surface area contributed by atoms with E-state index in [-0.39, 0.29) is 24.4 Å². The lowest BCUT2D eigenvalue weighted by Crippen LogP contribution is -2.46. The van der Waals surface area contributed by atoms with E-state index < -0.39 is 0 Å². The first-order valence-electron chi connectivity index (χ1n) is 8.14. The molecule has 132 valence electrons. The molecule has 0 bridgehead atoms. The van der Waals surface area contributed by atoms with E-state index in [1.165, 1.54) is 0 Å². The predicted molar refractivity (Wildman–Crippen MR) is 95.2 cm³/mol. The second-order valence-corrected chi connectivity index (χ2v) is 6.60. The van der Waals surface area contributed by atoms with Gasteiger partial charge in [-0.3, -0.25) is 19.6 Å². The molecule has 0 radical (unpaired) electrons. The summed E-state index contributed by atoms with van der Waals surface area (Å²) in [5.41, 5.74) is 7.14. The van der Waals surface area contributed by atoms with Gasteiger partial charge in [0.2, 0.25) is 5.91 Å². The van der Waals surface area contributed by atoms with E-state index in [4.69, 9.17) is 17.3 Å². The largest absolute Gasteiger partial charge is 0.369 e.